The first kappa shape index (κ1) is 21.2. The number of hydrogen-bond acceptors (Lipinski definition) is 4. The lowest BCUT2D eigenvalue weighted by atomic mass is 10.0. The number of aliphatic hydroxyl groups is 1. The monoisotopic (exact) mass is 416 g/mol. The number of fused-ring (bicyclic) bond motifs is 1. The Labute approximate surface area is 174 Å². The summed E-state index contributed by atoms with van der Waals surface area (Å²) in [7, 11) is 0. The standard InChI is InChI=1S/C22H25ClN2O4/c1-13(24-12-19(26)15-5-3-6-17(23)10-15)9-16-11-25-21-18(16)7-4-8-20(21)29-14(2)22(27)28/h3-8,10-11,13-14,19,24-26H,9,12H2,1-2H3,(H,27,28)/t13-,14-,19+/m1/s1. The van der Waals surface area contributed by atoms with Gasteiger partial charge in [0.25, 0.3) is 0 Å². The van der Waals surface area contributed by atoms with Crippen LogP contribution >= 0.6 is 11.6 Å². The molecule has 0 saturated carbocycles. The molecule has 7 heteroatoms. The molecule has 29 heavy (non-hydrogen) atoms. The van der Waals surface area contributed by atoms with Crippen LogP contribution in [-0.4, -0.2) is 39.9 Å². The largest absolute Gasteiger partial charge is 0.479 e. The molecule has 0 aliphatic rings. The second-order valence-corrected chi connectivity index (χ2v) is 7.61. The number of hydrogen-bond donors (Lipinski definition) is 4. The van der Waals surface area contributed by atoms with Crippen LogP contribution in [0.1, 0.15) is 31.1 Å². The van der Waals surface area contributed by atoms with Crippen LogP contribution in [0.15, 0.2) is 48.7 Å². The van der Waals surface area contributed by atoms with Crippen LogP contribution in [-0.2, 0) is 11.2 Å². The molecular formula is C22H25ClN2O4. The van der Waals surface area contributed by atoms with Gasteiger partial charge in [-0.3, -0.25) is 0 Å². The lowest BCUT2D eigenvalue weighted by molar-refractivity contribution is -0.144. The van der Waals surface area contributed by atoms with Crippen LogP contribution in [0.4, 0.5) is 0 Å². The summed E-state index contributed by atoms with van der Waals surface area (Å²) in [5.74, 6) is -0.495. The number of carboxylic acid groups (broad SMARTS) is 1. The quantitative estimate of drug-likeness (QED) is 0.424. The van der Waals surface area contributed by atoms with E-state index in [0.29, 0.717) is 17.3 Å². The second-order valence-electron chi connectivity index (χ2n) is 7.18. The summed E-state index contributed by atoms with van der Waals surface area (Å²) >= 11 is 5.99. The number of aliphatic hydroxyl groups excluding tert-OH is 1. The van der Waals surface area contributed by atoms with Gasteiger partial charge in [-0.25, -0.2) is 4.79 Å². The number of carbonyl (C=O) groups is 1. The molecule has 0 aliphatic heterocycles. The van der Waals surface area contributed by atoms with Gasteiger partial charge in [-0.05, 0) is 49.6 Å². The topological polar surface area (TPSA) is 94.6 Å². The van der Waals surface area contributed by atoms with Crippen LogP contribution < -0.4 is 10.1 Å². The Bertz CT molecular complexity index is 988. The molecule has 1 aromatic heterocycles. The molecule has 3 aromatic rings. The normalized spacial score (nSPS) is 14.5. The summed E-state index contributed by atoms with van der Waals surface area (Å²) in [6.07, 6.45) is 1.08. The van der Waals surface area contributed by atoms with E-state index in [2.05, 4.69) is 17.2 Å². The van der Waals surface area contributed by atoms with Crippen molar-refractivity contribution in [2.24, 2.45) is 0 Å². The minimum Gasteiger partial charge on any atom is -0.479 e. The Morgan fingerprint density at radius 2 is 2.00 bits per heavy atom. The van der Waals surface area contributed by atoms with E-state index in [4.69, 9.17) is 21.4 Å². The summed E-state index contributed by atoms with van der Waals surface area (Å²) < 4.78 is 5.55. The van der Waals surface area contributed by atoms with E-state index in [9.17, 15) is 9.90 Å². The van der Waals surface area contributed by atoms with Crippen molar-refractivity contribution in [1.29, 1.82) is 0 Å². The number of H-pyrrole nitrogens is 1. The Balaban J connectivity index is 1.64. The number of nitrogens with one attached hydrogen (secondary N) is 2. The Hall–Kier alpha value is -2.54. The Morgan fingerprint density at radius 1 is 1.24 bits per heavy atom. The van der Waals surface area contributed by atoms with E-state index in [0.717, 1.165) is 28.5 Å². The van der Waals surface area contributed by atoms with Gasteiger partial charge < -0.3 is 25.3 Å². The van der Waals surface area contributed by atoms with E-state index in [1.807, 2.05) is 30.5 Å². The summed E-state index contributed by atoms with van der Waals surface area (Å²) in [4.78, 5) is 14.3. The molecule has 3 atom stereocenters. The lowest BCUT2D eigenvalue weighted by Crippen LogP contribution is -2.32. The summed E-state index contributed by atoms with van der Waals surface area (Å²) in [5.41, 5.74) is 2.64. The number of halogens is 1. The highest BCUT2D eigenvalue weighted by molar-refractivity contribution is 6.30. The Morgan fingerprint density at radius 3 is 2.72 bits per heavy atom. The number of benzene rings is 2. The number of aliphatic carboxylic acids is 1. The van der Waals surface area contributed by atoms with Gasteiger partial charge in [-0.1, -0.05) is 35.9 Å². The first-order valence-electron chi connectivity index (χ1n) is 9.50. The first-order valence-corrected chi connectivity index (χ1v) is 9.88. The SMILES string of the molecule is C[C@H](Cc1c[nH]c2c(O[C@H](C)C(=O)O)cccc12)NC[C@H](O)c1cccc(Cl)c1. The van der Waals surface area contributed by atoms with Gasteiger partial charge in [0.15, 0.2) is 6.10 Å². The van der Waals surface area contributed by atoms with E-state index in [1.54, 1.807) is 18.2 Å². The molecule has 6 nitrogen and oxygen atoms in total. The number of aromatic nitrogens is 1. The number of carboxylic acids is 1. The molecule has 2 aromatic carbocycles. The van der Waals surface area contributed by atoms with Gasteiger partial charge in [-0.2, -0.15) is 0 Å². The third-order valence-electron chi connectivity index (χ3n) is 4.83. The molecule has 4 N–H and O–H groups in total. The highest BCUT2D eigenvalue weighted by Crippen LogP contribution is 2.29. The van der Waals surface area contributed by atoms with Crippen molar-refractivity contribution < 1.29 is 19.7 Å². The van der Waals surface area contributed by atoms with Crippen molar-refractivity contribution in [3.05, 3.63) is 64.8 Å². The van der Waals surface area contributed by atoms with Crippen molar-refractivity contribution in [3.63, 3.8) is 0 Å². The van der Waals surface area contributed by atoms with E-state index in [-0.39, 0.29) is 6.04 Å². The minimum absolute atomic E-state index is 0.116. The zero-order valence-corrected chi connectivity index (χ0v) is 17.1. The van der Waals surface area contributed by atoms with Crippen LogP contribution in [0.3, 0.4) is 0 Å². The molecule has 0 fully saturated rings. The van der Waals surface area contributed by atoms with Gasteiger partial charge >= 0.3 is 5.97 Å². The van der Waals surface area contributed by atoms with Crippen LogP contribution in [0.25, 0.3) is 10.9 Å². The third-order valence-corrected chi connectivity index (χ3v) is 5.07. The van der Waals surface area contributed by atoms with Crippen LogP contribution in [0.2, 0.25) is 5.02 Å². The third kappa shape index (κ3) is 5.29. The summed E-state index contributed by atoms with van der Waals surface area (Å²) in [6.45, 7) is 3.97. The van der Waals surface area contributed by atoms with E-state index >= 15 is 0 Å². The van der Waals surface area contributed by atoms with Gasteiger partial charge in [0.2, 0.25) is 0 Å². The van der Waals surface area contributed by atoms with Gasteiger partial charge in [0.05, 0.1) is 11.6 Å². The van der Waals surface area contributed by atoms with Crippen molar-refractivity contribution in [1.82, 2.24) is 10.3 Å². The van der Waals surface area contributed by atoms with Crippen molar-refractivity contribution in [3.8, 4) is 5.75 Å². The molecule has 0 saturated heterocycles. The molecule has 0 bridgehead atoms. The molecule has 0 radical (unpaired) electrons. The van der Waals surface area contributed by atoms with Crippen molar-refractivity contribution in [2.45, 2.75) is 38.5 Å². The summed E-state index contributed by atoms with van der Waals surface area (Å²) in [5, 5.41) is 24.4. The Kier molecular flexibility index (Phi) is 6.79. The van der Waals surface area contributed by atoms with Gasteiger partial charge in [0.1, 0.15) is 5.75 Å². The maximum Gasteiger partial charge on any atom is 0.344 e. The average molecular weight is 417 g/mol. The maximum atomic E-state index is 11.1. The lowest BCUT2D eigenvalue weighted by Gasteiger charge is -2.17. The average Bonchev–Trinajstić information content (AvgIpc) is 3.10. The number of ether oxygens (including phenoxy) is 1. The van der Waals surface area contributed by atoms with Crippen molar-refractivity contribution >= 4 is 28.5 Å². The number of rotatable bonds is 9. The molecule has 0 unspecified atom stereocenters. The first-order chi connectivity index (χ1) is 13.8. The van der Waals surface area contributed by atoms with Crippen LogP contribution in [0, 0.1) is 0 Å². The van der Waals surface area contributed by atoms with E-state index < -0.39 is 18.2 Å². The second kappa shape index (κ2) is 9.31. The molecule has 0 amide bonds. The molecule has 0 aliphatic carbocycles. The fraction of sp³-hybridized carbons (Fsp3) is 0.318. The fourth-order valence-corrected chi connectivity index (χ4v) is 3.44. The minimum atomic E-state index is -1.01. The number of para-hydroxylation sites is 1. The molecular weight excluding hydrogens is 392 g/mol. The molecule has 1 heterocycles. The highest BCUT2D eigenvalue weighted by Gasteiger charge is 2.17. The highest BCUT2D eigenvalue weighted by atomic mass is 35.5. The fourth-order valence-electron chi connectivity index (χ4n) is 3.24. The van der Waals surface area contributed by atoms with E-state index in [1.165, 1.54) is 6.92 Å². The predicted molar refractivity (Wildman–Crippen MR) is 114 cm³/mol. The van der Waals surface area contributed by atoms with Crippen molar-refractivity contribution in [2.75, 3.05) is 6.54 Å². The molecule has 154 valence electrons. The summed E-state index contributed by atoms with van der Waals surface area (Å²) in [6, 6.07) is 12.9. The van der Waals surface area contributed by atoms with Crippen LogP contribution in [0.5, 0.6) is 5.75 Å². The molecule has 0 spiro atoms. The zero-order chi connectivity index (χ0) is 21.0. The van der Waals surface area contributed by atoms with Gasteiger partial charge in [-0.15, -0.1) is 0 Å². The molecule has 3 rings (SSSR count). The maximum absolute atomic E-state index is 11.1. The number of aromatic amines is 1. The van der Waals surface area contributed by atoms with Gasteiger partial charge in [0, 0.05) is 29.2 Å². The predicted octanol–water partition coefficient (Wildman–Crippen LogP) is 3.93. The smallest absolute Gasteiger partial charge is 0.344 e. The zero-order valence-electron chi connectivity index (χ0n) is 16.4.